The van der Waals surface area contributed by atoms with E-state index in [1.165, 1.54) is 0 Å². The van der Waals surface area contributed by atoms with E-state index in [-0.39, 0.29) is 6.42 Å². The van der Waals surface area contributed by atoms with Crippen molar-refractivity contribution in [1.29, 1.82) is 0 Å². The van der Waals surface area contributed by atoms with E-state index in [2.05, 4.69) is 12.6 Å². The number of hydrogen-bond donors (Lipinski definition) is 2. The lowest BCUT2D eigenvalue weighted by molar-refractivity contribution is -0.136. The molecule has 1 aromatic rings. The molecule has 0 aromatic heterocycles. The van der Waals surface area contributed by atoms with Gasteiger partial charge in [0.25, 0.3) is 0 Å². The van der Waals surface area contributed by atoms with Gasteiger partial charge in [0.1, 0.15) is 0 Å². The van der Waals surface area contributed by atoms with E-state index in [4.69, 9.17) is 5.11 Å². The number of thiol groups is 1. The van der Waals surface area contributed by atoms with Crippen LogP contribution in [-0.4, -0.2) is 11.1 Å². The minimum absolute atomic E-state index is 0.0642. The first-order valence-electron chi connectivity index (χ1n) is 4.01. The van der Waals surface area contributed by atoms with Crippen molar-refractivity contribution in [3.63, 3.8) is 0 Å². The van der Waals surface area contributed by atoms with Crippen LogP contribution in [0, 0.1) is 13.8 Å². The summed E-state index contributed by atoms with van der Waals surface area (Å²) in [4.78, 5) is 11.3. The number of aryl methyl sites for hydroxylation is 1. The molecule has 0 atom stereocenters. The topological polar surface area (TPSA) is 37.3 Å². The van der Waals surface area contributed by atoms with E-state index in [1.54, 1.807) is 6.07 Å². The molecule has 0 heterocycles. The fourth-order valence-electron chi connectivity index (χ4n) is 1.19. The third kappa shape index (κ3) is 2.49. The second-order valence-corrected chi connectivity index (χ2v) is 3.61. The van der Waals surface area contributed by atoms with Crippen LogP contribution in [0.1, 0.15) is 16.7 Å². The maximum absolute atomic E-state index is 10.5. The SMILES string of the molecule is Cc1cc(CC(=O)O)cc(S)c1C. The van der Waals surface area contributed by atoms with E-state index >= 15 is 0 Å². The first-order valence-corrected chi connectivity index (χ1v) is 4.46. The van der Waals surface area contributed by atoms with Gasteiger partial charge in [-0.1, -0.05) is 6.07 Å². The summed E-state index contributed by atoms with van der Waals surface area (Å²) in [6.45, 7) is 3.93. The minimum Gasteiger partial charge on any atom is -0.481 e. The van der Waals surface area contributed by atoms with Crippen LogP contribution in [0.3, 0.4) is 0 Å². The molecule has 0 unspecified atom stereocenters. The van der Waals surface area contributed by atoms with Crippen molar-refractivity contribution in [1.82, 2.24) is 0 Å². The summed E-state index contributed by atoms with van der Waals surface area (Å²) in [5, 5.41) is 8.59. The van der Waals surface area contributed by atoms with Gasteiger partial charge in [0, 0.05) is 4.90 Å². The highest BCUT2D eigenvalue weighted by Crippen LogP contribution is 2.19. The molecule has 0 aliphatic carbocycles. The van der Waals surface area contributed by atoms with Crippen molar-refractivity contribution < 1.29 is 9.90 Å². The lowest BCUT2D eigenvalue weighted by atomic mass is 10.0. The van der Waals surface area contributed by atoms with E-state index in [9.17, 15) is 4.79 Å². The van der Waals surface area contributed by atoms with Crippen molar-refractivity contribution in [3.8, 4) is 0 Å². The molecule has 13 heavy (non-hydrogen) atoms. The smallest absolute Gasteiger partial charge is 0.307 e. The predicted molar refractivity (Wildman–Crippen MR) is 54.5 cm³/mol. The average Bonchev–Trinajstić information content (AvgIpc) is 1.98. The maximum Gasteiger partial charge on any atom is 0.307 e. The van der Waals surface area contributed by atoms with E-state index < -0.39 is 5.97 Å². The molecule has 70 valence electrons. The molecule has 0 radical (unpaired) electrons. The van der Waals surface area contributed by atoms with Crippen LogP contribution in [0.4, 0.5) is 0 Å². The normalized spacial score (nSPS) is 10.1. The van der Waals surface area contributed by atoms with Gasteiger partial charge in [0.2, 0.25) is 0 Å². The van der Waals surface area contributed by atoms with Gasteiger partial charge < -0.3 is 5.11 Å². The summed E-state index contributed by atoms with van der Waals surface area (Å²) in [5.74, 6) is -0.809. The molecule has 0 saturated heterocycles. The number of rotatable bonds is 2. The van der Waals surface area contributed by atoms with Crippen LogP contribution >= 0.6 is 12.6 Å². The molecular formula is C10H12O2S. The van der Waals surface area contributed by atoms with Crippen molar-refractivity contribution in [3.05, 3.63) is 28.8 Å². The Balaban J connectivity index is 3.06. The third-order valence-corrected chi connectivity index (χ3v) is 2.52. The highest BCUT2D eigenvalue weighted by molar-refractivity contribution is 7.80. The van der Waals surface area contributed by atoms with Crippen LogP contribution < -0.4 is 0 Å². The Morgan fingerprint density at radius 1 is 1.46 bits per heavy atom. The molecule has 1 rings (SSSR count). The van der Waals surface area contributed by atoms with Crippen molar-refractivity contribution in [2.45, 2.75) is 25.2 Å². The van der Waals surface area contributed by atoms with Crippen LogP contribution in [0.2, 0.25) is 0 Å². The quantitative estimate of drug-likeness (QED) is 0.712. The molecule has 0 spiro atoms. The Morgan fingerprint density at radius 2 is 2.08 bits per heavy atom. The summed E-state index contributed by atoms with van der Waals surface area (Å²) in [5.41, 5.74) is 3.00. The summed E-state index contributed by atoms with van der Waals surface area (Å²) in [6.07, 6.45) is 0.0642. The molecule has 3 heteroatoms. The fourth-order valence-corrected chi connectivity index (χ4v) is 1.53. The lowest BCUT2D eigenvalue weighted by Crippen LogP contribution is -2.01. The molecule has 2 nitrogen and oxygen atoms in total. The van der Waals surface area contributed by atoms with Crippen LogP contribution in [-0.2, 0) is 11.2 Å². The van der Waals surface area contributed by atoms with Gasteiger partial charge in [-0.05, 0) is 36.6 Å². The Hall–Kier alpha value is -0.960. The number of aliphatic carboxylic acids is 1. The number of benzene rings is 1. The largest absolute Gasteiger partial charge is 0.481 e. The Kier molecular flexibility index (Phi) is 2.98. The standard InChI is InChI=1S/C10H12O2S/c1-6-3-8(5-10(11)12)4-9(13)7(6)2/h3-4,13H,5H2,1-2H3,(H,11,12). The van der Waals surface area contributed by atoms with E-state index in [0.29, 0.717) is 0 Å². The molecule has 0 saturated carbocycles. The molecule has 1 N–H and O–H groups in total. The summed E-state index contributed by atoms with van der Waals surface area (Å²) < 4.78 is 0. The zero-order valence-corrected chi connectivity index (χ0v) is 8.56. The van der Waals surface area contributed by atoms with Gasteiger partial charge in [-0.2, -0.15) is 0 Å². The molecule has 0 bridgehead atoms. The van der Waals surface area contributed by atoms with Crippen LogP contribution in [0.5, 0.6) is 0 Å². The van der Waals surface area contributed by atoms with Crippen LogP contribution in [0.15, 0.2) is 17.0 Å². The highest BCUT2D eigenvalue weighted by Gasteiger charge is 2.04. The predicted octanol–water partition coefficient (Wildman–Crippen LogP) is 2.22. The zero-order chi connectivity index (χ0) is 10.0. The van der Waals surface area contributed by atoms with Gasteiger partial charge in [-0.25, -0.2) is 0 Å². The van der Waals surface area contributed by atoms with Gasteiger partial charge in [-0.15, -0.1) is 12.6 Å². The fraction of sp³-hybridized carbons (Fsp3) is 0.300. The Morgan fingerprint density at radius 3 is 2.54 bits per heavy atom. The number of carboxylic acids is 1. The molecule has 0 aliphatic heterocycles. The van der Waals surface area contributed by atoms with Crippen molar-refractivity contribution >= 4 is 18.6 Å². The van der Waals surface area contributed by atoms with Gasteiger partial charge in [0.05, 0.1) is 6.42 Å². The molecule has 0 aliphatic rings. The molecule has 1 aromatic carbocycles. The minimum atomic E-state index is -0.809. The zero-order valence-electron chi connectivity index (χ0n) is 7.66. The first-order chi connectivity index (χ1) is 6.00. The number of hydrogen-bond acceptors (Lipinski definition) is 2. The maximum atomic E-state index is 10.5. The lowest BCUT2D eigenvalue weighted by Gasteiger charge is -2.06. The Labute approximate surface area is 83.0 Å². The summed E-state index contributed by atoms with van der Waals surface area (Å²) in [6, 6.07) is 3.70. The van der Waals surface area contributed by atoms with Gasteiger partial charge in [-0.3, -0.25) is 4.79 Å². The second-order valence-electron chi connectivity index (χ2n) is 3.13. The average molecular weight is 196 g/mol. The van der Waals surface area contributed by atoms with E-state index in [0.717, 1.165) is 21.6 Å². The Bertz CT molecular complexity index is 322. The van der Waals surface area contributed by atoms with Crippen LogP contribution in [0.25, 0.3) is 0 Å². The van der Waals surface area contributed by atoms with Gasteiger partial charge in [0.15, 0.2) is 0 Å². The number of carboxylic acid groups (broad SMARTS) is 1. The third-order valence-electron chi connectivity index (χ3n) is 2.06. The van der Waals surface area contributed by atoms with Crippen molar-refractivity contribution in [2.75, 3.05) is 0 Å². The van der Waals surface area contributed by atoms with Crippen molar-refractivity contribution in [2.24, 2.45) is 0 Å². The number of carbonyl (C=O) groups is 1. The molecule has 0 fully saturated rings. The summed E-state index contributed by atoms with van der Waals surface area (Å²) >= 11 is 4.27. The first kappa shape index (κ1) is 10.1. The summed E-state index contributed by atoms with van der Waals surface area (Å²) in [7, 11) is 0. The monoisotopic (exact) mass is 196 g/mol. The van der Waals surface area contributed by atoms with Gasteiger partial charge >= 0.3 is 5.97 Å². The van der Waals surface area contributed by atoms with E-state index in [1.807, 2.05) is 19.9 Å². The highest BCUT2D eigenvalue weighted by atomic mass is 32.1. The second kappa shape index (κ2) is 3.83. The molecular weight excluding hydrogens is 184 g/mol. The molecule has 0 amide bonds.